The highest BCUT2D eigenvalue weighted by atomic mass is 16.3. The van der Waals surface area contributed by atoms with Crippen molar-refractivity contribution in [3.8, 4) is 0 Å². The van der Waals surface area contributed by atoms with E-state index in [4.69, 9.17) is 14.9 Å². The van der Waals surface area contributed by atoms with Gasteiger partial charge in [-0.05, 0) is 29.1 Å². The fourth-order valence-corrected chi connectivity index (χ4v) is 3.37. The molecule has 28 heavy (non-hydrogen) atoms. The van der Waals surface area contributed by atoms with Crippen LogP contribution in [0.4, 0.5) is 0 Å². The number of nitrogens with zero attached hydrogens (tertiary/aromatic N) is 5. The van der Waals surface area contributed by atoms with Gasteiger partial charge in [0.1, 0.15) is 16.9 Å². The molecule has 2 heterocycles. The van der Waals surface area contributed by atoms with Crippen LogP contribution in [0.1, 0.15) is 31.3 Å². The number of benzene rings is 2. The predicted octanol–water partition coefficient (Wildman–Crippen LogP) is 5.20. The third-order valence-electron chi connectivity index (χ3n) is 4.77. The van der Waals surface area contributed by atoms with Gasteiger partial charge >= 0.3 is 0 Å². The number of azide groups is 1. The molecule has 0 aliphatic rings. The standard InChI is InChI=1S/C21H19N5O2/c1-13(2)17(24-25-22)20-23-18-15-10-6-7-11-16(15)28-19(18)21(27)26(20)12-14-8-4-3-5-9-14/h3-11,13,17H,12H2,1-2H3/t17-/m1/s1. The SMILES string of the molecule is CC(C)[C@@H](N=[N+]=[N-])c1nc2c(oc3ccccc32)c(=O)n1Cc1ccccc1. The molecule has 1 atom stereocenters. The lowest BCUT2D eigenvalue weighted by molar-refractivity contribution is 0.460. The molecule has 2 aromatic heterocycles. The summed E-state index contributed by atoms with van der Waals surface area (Å²) >= 11 is 0. The van der Waals surface area contributed by atoms with E-state index >= 15 is 0 Å². The van der Waals surface area contributed by atoms with Crippen LogP contribution in [0.15, 0.2) is 68.9 Å². The monoisotopic (exact) mass is 373 g/mol. The molecule has 4 aromatic rings. The van der Waals surface area contributed by atoms with Crippen LogP contribution in [-0.4, -0.2) is 9.55 Å². The van der Waals surface area contributed by atoms with Gasteiger partial charge in [-0.3, -0.25) is 9.36 Å². The fraction of sp³-hybridized carbons (Fsp3) is 0.238. The molecule has 0 aliphatic heterocycles. The topological polar surface area (TPSA) is 96.8 Å². The first kappa shape index (κ1) is 17.8. The number of rotatable bonds is 5. The third kappa shape index (κ3) is 3.02. The van der Waals surface area contributed by atoms with Crippen molar-refractivity contribution >= 4 is 22.1 Å². The van der Waals surface area contributed by atoms with Gasteiger partial charge in [0.2, 0.25) is 5.58 Å². The van der Waals surface area contributed by atoms with Crippen LogP contribution >= 0.6 is 0 Å². The minimum Gasteiger partial charge on any atom is -0.448 e. The number of fused-ring (bicyclic) bond motifs is 3. The average molecular weight is 373 g/mol. The molecule has 2 aromatic carbocycles. The summed E-state index contributed by atoms with van der Waals surface area (Å²) in [7, 11) is 0. The van der Waals surface area contributed by atoms with Crippen LogP contribution in [0.25, 0.3) is 32.5 Å². The minimum absolute atomic E-state index is 0.0274. The third-order valence-corrected chi connectivity index (χ3v) is 4.77. The average Bonchev–Trinajstić information content (AvgIpc) is 3.08. The fourth-order valence-electron chi connectivity index (χ4n) is 3.37. The Balaban J connectivity index is 2.04. The van der Waals surface area contributed by atoms with E-state index in [1.165, 1.54) is 0 Å². The number of hydrogen-bond acceptors (Lipinski definition) is 4. The summed E-state index contributed by atoms with van der Waals surface area (Å²) < 4.78 is 7.37. The van der Waals surface area contributed by atoms with Crippen molar-refractivity contribution in [1.82, 2.24) is 9.55 Å². The van der Waals surface area contributed by atoms with Crippen LogP contribution in [0.5, 0.6) is 0 Å². The van der Waals surface area contributed by atoms with E-state index in [1.807, 2.05) is 68.4 Å². The van der Waals surface area contributed by atoms with Crippen molar-refractivity contribution < 1.29 is 4.42 Å². The molecular formula is C21H19N5O2. The Bertz CT molecular complexity index is 1250. The molecule has 0 aliphatic carbocycles. The van der Waals surface area contributed by atoms with E-state index in [0.29, 0.717) is 23.5 Å². The number of aromatic nitrogens is 2. The number of hydrogen-bond donors (Lipinski definition) is 0. The van der Waals surface area contributed by atoms with Crippen molar-refractivity contribution in [2.75, 3.05) is 0 Å². The van der Waals surface area contributed by atoms with Crippen LogP contribution in [0, 0.1) is 5.92 Å². The molecule has 140 valence electrons. The van der Waals surface area contributed by atoms with Crippen LogP contribution in [-0.2, 0) is 6.54 Å². The van der Waals surface area contributed by atoms with Gasteiger partial charge in [0, 0.05) is 10.3 Å². The predicted molar refractivity (Wildman–Crippen MR) is 108 cm³/mol. The van der Waals surface area contributed by atoms with Crippen LogP contribution < -0.4 is 5.56 Å². The normalized spacial score (nSPS) is 12.4. The summed E-state index contributed by atoms with van der Waals surface area (Å²) in [5.41, 5.74) is 11.1. The molecule has 4 rings (SSSR count). The molecule has 0 spiro atoms. The zero-order chi connectivity index (χ0) is 19.7. The molecule has 0 N–H and O–H groups in total. The lowest BCUT2D eigenvalue weighted by atomic mass is 10.0. The first-order chi connectivity index (χ1) is 13.6. The van der Waals surface area contributed by atoms with Gasteiger partial charge in [0.15, 0.2) is 0 Å². The molecule has 0 unspecified atom stereocenters. The highest BCUT2D eigenvalue weighted by molar-refractivity contribution is 6.01. The zero-order valence-electron chi connectivity index (χ0n) is 15.6. The zero-order valence-corrected chi connectivity index (χ0v) is 15.6. The highest BCUT2D eigenvalue weighted by Crippen LogP contribution is 2.30. The number of para-hydroxylation sites is 1. The molecule has 0 bridgehead atoms. The second-order valence-electron chi connectivity index (χ2n) is 7.02. The van der Waals surface area contributed by atoms with E-state index in [9.17, 15) is 4.79 Å². The van der Waals surface area contributed by atoms with Crippen molar-refractivity contribution in [3.63, 3.8) is 0 Å². The highest BCUT2D eigenvalue weighted by Gasteiger charge is 2.24. The summed E-state index contributed by atoms with van der Waals surface area (Å²) in [6.07, 6.45) is 0. The maximum absolute atomic E-state index is 13.3. The molecule has 0 saturated carbocycles. The van der Waals surface area contributed by atoms with Crippen LogP contribution in [0.3, 0.4) is 0 Å². The smallest absolute Gasteiger partial charge is 0.297 e. The molecule has 0 amide bonds. The van der Waals surface area contributed by atoms with Crippen molar-refractivity contribution in [2.45, 2.75) is 26.4 Å². The number of furan rings is 1. The molecule has 0 radical (unpaired) electrons. The maximum Gasteiger partial charge on any atom is 0.297 e. The van der Waals surface area contributed by atoms with Gasteiger partial charge in [0.25, 0.3) is 5.56 Å². The second-order valence-corrected chi connectivity index (χ2v) is 7.02. The largest absolute Gasteiger partial charge is 0.448 e. The van der Waals surface area contributed by atoms with Gasteiger partial charge in [-0.2, -0.15) is 0 Å². The summed E-state index contributed by atoms with van der Waals surface area (Å²) in [6.45, 7) is 4.20. The Morgan fingerprint density at radius 2 is 1.86 bits per heavy atom. The van der Waals surface area contributed by atoms with Gasteiger partial charge in [-0.1, -0.05) is 61.4 Å². The molecule has 7 nitrogen and oxygen atoms in total. The Hall–Kier alpha value is -3.57. The summed E-state index contributed by atoms with van der Waals surface area (Å²) in [5.74, 6) is 0.418. The summed E-state index contributed by atoms with van der Waals surface area (Å²) in [5, 5.41) is 4.71. The first-order valence-electron chi connectivity index (χ1n) is 9.10. The van der Waals surface area contributed by atoms with E-state index < -0.39 is 6.04 Å². The van der Waals surface area contributed by atoms with Gasteiger partial charge in [-0.25, -0.2) is 4.98 Å². The quantitative estimate of drug-likeness (QED) is 0.273. The van der Waals surface area contributed by atoms with E-state index in [-0.39, 0.29) is 17.1 Å². The molecular weight excluding hydrogens is 354 g/mol. The summed E-state index contributed by atoms with van der Waals surface area (Å²) in [4.78, 5) is 21.1. The second kappa shape index (κ2) is 7.21. The lowest BCUT2D eigenvalue weighted by Gasteiger charge is -2.19. The van der Waals surface area contributed by atoms with E-state index in [1.54, 1.807) is 4.57 Å². The minimum atomic E-state index is -0.570. The van der Waals surface area contributed by atoms with Crippen molar-refractivity contribution in [2.24, 2.45) is 11.0 Å². The first-order valence-corrected chi connectivity index (χ1v) is 9.10. The van der Waals surface area contributed by atoms with Crippen LogP contribution in [0.2, 0.25) is 0 Å². The Kier molecular flexibility index (Phi) is 4.59. The Labute approximate surface area is 160 Å². The maximum atomic E-state index is 13.3. The van der Waals surface area contributed by atoms with E-state index in [2.05, 4.69) is 10.0 Å². The molecule has 0 fully saturated rings. The van der Waals surface area contributed by atoms with E-state index in [0.717, 1.165) is 10.9 Å². The summed E-state index contributed by atoms with van der Waals surface area (Å²) in [6, 6.07) is 16.5. The molecule has 7 heteroatoms. The van der Waals surface area contributed by atoms with Gasteiger partial charge < -0.3 is 4.42 Å². The van der Waals surface area contributed by atoms with Crippen molar-refractivity contribution in [3.05, 3.63) is 86.8 Å². The lowest BCUT2D eigenvalue weighted by Crippen LogP contribution is -2.28. The van der Waals surface area contributed by atoms with Gasteiger partial charge in [-0.15, -0.1) is 0 Å². The van der Waals surface area contributed by atoms with Crippen molar-refractivity contribution in [1.29, 1.82) is 0 Å². The Morgan fingerprint density at radius 1 is 1.14 bits per heavy atom. The van der Waals surface area contributed by atoms with Gasteiger partial charge in [0.05, 0.1) is 12.6 Å². The Morgan fingerprint density at radius 3 is 2.57 bits per heavy atom. The molecule has 0 saturated heterocycles.